The minimum Gasteiger partial charge on any atom is -0.490 e. The highest BCUT2D eigenvalue weighted by atomic mass is 19.1. The first-order chi connectivity index (χ1) is 9.16. The van der Waals surface area contributed by atoms with Crippen molar-refractivity contribution in [2.24, 2.45) is 0 Å². The van der Waals surface area contributed by atoms with Gasteiger partial charge in [0, 0.05) is 5.56 Å². The topological polar surface area (TPSA) is 9.23 Å². The van der Waals surface area contributed by atoms with Crippen molar-refractivity contribution in [1.82, 2.24) is 0 Å². The maximum atomic E-state index is 14.2. The molecule has 0 unspecified atom stereocenters. The van der Waals surface area contributed by atoms with Crippen molar-refractivity contribution in [2.45, 2.75) is 26.7 Å². The van der Waals surface area contributed by atoms with Crippen molar-refractivity contribution in [1.29, 1.82) is 0 Å². The molecule has 98 valence electrons. The first kappa shape index (κ1) is 12.2. The largest absolute Gasteiger partial charge is 0.490 e. The molecular formula is C17H17FO. The van der Waals surface area contributed by atoms with E-state index in [0.29, 0.717) is 12.4 Å². The normalized spacial score (nSPS) is 13.8. The van der Waals surface area contributed by atoms with E-state index in [1.54, 1.807) is 6.07 Å². The smallest absolute Gasteiger partial charge is 0.165 e. The molecule has 0 N–H and O–H groups in total. The molecule has 0 saturated carbocycles. The summed E-state index contributed by atoms with van der Waals surface area (Å²) in [6, 6.07) is 9.80. The van der Waals surface area contributed by atoms with Crippen LogP contribution in [-0.4, -0.2) is 6.61 Å². The molecule has 0 saturated heterocycles. The molecule has 0 amide bonds. The Labute approximate surface area is 113 Å². The zero-order valence-electron chi connectivity index (χ0n) is 11.3. The third-order valence-electron chi connectivity index (χ3n) is 3.77. The van der Waals surface area contributed by atoms with E-state index >= 15 is 0 Å². The van der Waals surface area contributed by atoms with Gasteiger partial charge in [0.2, 0.25) is 0 Å². The Hall–Kier alpha value is -1.83. The Morgan fingerprint density at radius 3 is 2.79 bits per heavy atom. The van der Waals surface area contributed by atoms with Crippen LogP contribution in [0.5, 0.6) is 5.75 Å². The number of hydrogen-bond acceptors (Lipinski definition) is 1. The molecule has 0 aromatic heterocycles. The maximum absolute atomic E-state index is 14.2. The van der Waals surface area contributed by atoms with E-state index in [1.165, 1.54) is 5.56 Å². The van der Waals surface area contributed by atoms with Gasteiger partial charge in [-0.05, 0) is 49.4 Å². The van der Waals surface area contributed by atoms with Crippen LogP contribution < -0.4 is 4.74 Å². The number of hydrogen-bond donors (Lipinski definition) is 0. The van der Waals surface area contributed by atoms with Gasteiger partial charge < -0.3 is 4.74 Å². The molecule has 3 rings (SSSR count). The minimum atomic E-state index is -0.239. The lowest BCUT2D eigenvalue weighted by Gasteiger charge is -2.22. The Kier molecular flexibility index (Phi) is 3.02. The summed E-state index contributed by atoms with van der Waals surface area (Å²) < 4.78 is 19.6. The van der Waals surface area contributed by atoms with E-state index in [1.807, 2.05) is 12.1 Å². The Bertz CT molecular complexity index is 631. The van der Waals surface area contributed by atoms with E-state index in [2.05, 4.69) is 26.0 Å². The van der Waals surface area contributed by atoms with E-state index in [0.717, 1.165) is 35.1 Å². The number of fused-ring (bicyclic) bond motifs is 1. The summed E-state index contributed by atoms with van der Waals surface area (Å²) in [5.74, 6) is 0.219. The van der Waals surface area contributed by atoms with Crippen LogP contribution in [0.25, 0.3) is 11.1 Å². The van der Waals surface area contributed by atoms with Gasteiger partial charge >= 0.3 is 0 Å². The highest BCUT2D eigenvalue weighted by molar-refractivity contribution is 5.71. The molecule has 0 spiro atoms. The lowest BCUT2D eigenvalue weighted by Crippen LogP contribution is -2.12. The zero-order valence-corrected chi connectivity index (χ0v) is 11.3. The van der Waals surface area contributed by atoms with Gasteiger partial charge in [0.05, 0.1) is 6.61 Å². The lowest BCUT2D eigenvalue weighted by molar-refractivity contribution is 0.273. The van der Waals surface area contributed by atoms with Gasteiger partial charge in [-0.25, -0.2) is 4.39 Å². The van der Waals surface area contributed by atoms with Gasteiger partial charge in [0.15, 0.2) is 11.6 Å². The van der Waals surface area contributed by atoms with Gasteiger partial charge in [-0.1, -0.05) is 29.8 Å². The number of benzene rings is 2. The minimum absolute atomic E-state index is 0.239. The summed E-state index contributed by atoms with van der Waals surface area (Å²) in [7, 11) is 0. The fourth-order valence-electron chi connectivity index (χ4n) is 2.77. The monoisotopic (exact) mass is 256 g/mol. The number of aryl methyl sites for hydroxylation is 1. The summed E-state index contributed by atoms with van der Waals surface area (Å²) in [6.45, 7) is 4.73. The molecule has 1 nitrogen and oxygen atoms in total. The lowest BCUT2D eigenvalue weighted by atomic mass is 9.92. The Morgan fingerprint density at radius 2 is 2.00 bits per heavy atom. The van der Waals surface area contributed by atoms with E-state index in [9.17, 15) is 4.39 Å². The van der Waals surface area contributed by atoms with Gasteiger partial charge in [-0.3, -0.25) is 0 Å². The van der Waals surface area contributed by atoms with Gasteiger partial charge in [-0.2, -0.15) is 0 Å². The van der Waals surface area contributed by atoms with Gasteiger partial charge in [0.1, 0.15) is 0 Å². The molecule has 2 heteroatoms. The third-order valence-corrected chi connectivity index (χ3v) is 3.77. The summed E-state index contributed by atoms with van der Waals surface area (Å²) in [5.41, 5.74) is 5.41. The maximum Gasteiger partial charge on any atom is 0.165 e. The average Bonchev–Trinajstić information content (AvgIpc) is 2.43. The third kappa shape index (κ3) is 2.12. The van der Waals surface area contributed by atoms with Crippen molar-refractivity contribution >= 4 is 0 Å². The summed E-state index contributed by atoms with van der Waals surface area (Å²) in [5, 5.41) is 0. The molecule has 0 aliphatic carbocycles. The van der Waals surface area contributed by atoms with Crippen LogP contribution in [0.15, 0.2) is 30.3 Å². The molecule has 2 aromatic rings. The molecule has 19 heavy (non-hydrogen) atoms. The molecular weight excluding hydrogens is 239 g/mol. The molecule has 0 fully saturated rings. The van der Waals surface area contributed by atoms with E-state index < -0.39 is 0 Å². The quantitative estimate of drug-likeness (QED) is 0.733. The highest BCUT2D eigenvalue weighted by Gasteiger charge is 2.20. The standard InChI is InChI=1S/C17H17FO/c1-11-5-3-6-13(9-11)15-10-16(18)17-14(12(15)2)7-4-8-19-17/h3,5-6,9-10H,4,7-8H2,1-2H3. The Balaban J connectivity index is 2.20. The van der Waals surface area contributed by atoms with Crippen molar-refractivity contribution in [2.75, 3.05) is 6.61 Å². The van der Waals surface area contributed by atoms with Crippen LogP contribution in [0.2, 0.25) is 0 Å². The number of halogens is 1. The molecule has 0 radical (unpaired) electrons. The van der Waals surface area contributed by atoms with Crippen LogP contribution in [0.1, 0.15) is 23.1 Å². The molecule has 2 aromatic carbocycles. The fraction of sp³-hybridized carbons (Fsp3) is 0.294. The summed E-state index contributed by atoms with van der Waals surface area (Å²) in [4.78, 5) is 0. The van der Waals surface area contributed by atoms with Crippen LogP contribution in [0, 0.1) is 19.7 Å². The predicted octanol–water partition coefficient (Wildman–Crippen LogP) is 4.43. The van der Waals surface area contributed by atoms with Gasteiger partial charge in [0.25, 0.3) is 0 Å². The van der Waals surface area contributed by atoms with Crippen LogP contribution in [-0.2, 0) is 6.42 Å². The number of rotatable bonds is 1. The number of ether oxygens (including phenoxy) is 1. The van der Waals surface area contributed by atoms with Crippen molar-refractivity contribution in [3.63, 3.8) is 0 Å². The van der Waals surface area contributed by atoms with Crippen LogP contribution in [0.4, 0.5) is 4.39 Å². The molecule has 1 heterocycles. The second-order valence-corrected chi connectivity index (χ2v) is 5.16. The van der Waals surface area contributed by atoms with Gasteiger partial charge in [-0.15, -0.1) is 0 Å². The van der Waals surface area contributed by atoms with Crippen LogP contribution >= 0.6 is 0 Å². The van der Waals surface area contributed by atoms with Crippen LogP contribution in [0.3, 0.4) is 0 Å². The molecule has 1 aliphatic rings. The van der Waals surface area contributed by atoms with Crippen molar-refractivity contribution in [3.05, 3.63) is 52.8 Å². The van der Waals surface area contributed by atoms with Crippen molar-refractivity contribution in [3.8, 4) is 16.9 Å². The first-order valence-corrected chi connectivity index (χ1v) is 6.68. The highest BCUT2D eigenvalue weighted by Crippen LogP contribution is 2.37. The summed E-state index contributed by atoms with van der Waals surface area (Å²) in [6.07, 6.45) is 1.86. The molecule has 0 bridgehead atoms. The molecule has 1 aliphatic heterocycles. The van der Waals surface area contributed by atoms with E-state index in [4.69, 9.17) is 4.74 Å². The average molecular weight is 256 g/mol. The zero-order chi connectivity index (χ0) is 13.4. The second kappa shape index (κ2) is 4.69. The predicted molar refractivity (Wildman–Crippen MR) is 75.1 cm³/mol. The van der Waals surface area contributed by atoms with Crippen molar-refractivity contribution < 1.29 is 9.13 Å². The Morgan fingerprint density at radius 1 is 1.16 bits per heavy atom. The second-order valence-electron chi connectivity index (χ2n) is 5.16. The van der Waals surface area contributed by atoms with E-state index in [-0.39, 0.29) is 5.82 Å². The summed E-state index contributed by atoms with van der Waals surface area (Å²) >= 11 is 0. The first-order valence-electron chi connectivity index (χ1n) is 6.68. The SMILES string of the molecule is Cc1cccc(-c2cc(F)c3c(c2C)CCCO3)c1. The molecule has 0 atom stereocenters. The fourth-order valence-corrected chi connectivity index (χ4v) is 2.77.